The second-order valence-electron chi connectivity index (χ2n) is 4.06. The highest BCUT2D eigenvalue weighted by Gasteiger charge is 2.18. The Balaban J connectivity index is 2.01. The zero-order valence-corrected chi connectivity index (χ0v) is 12.5. The number of aryl methyl sites for hydroxylation is 1. The number of imidazole rings is 1. The number of thioether (sulfide) groups is 1. The third kappa shape index (κ3) is 3.87. The summed E-state index contributed by atoms with van der Waals surface area (Å²) < 4.78 is 2.06. The minimum Gasteiger partial charge on any atom is -0.336 e. The van der Waals surface area contributed by atoms with Gasteiger partial charge in [-0.3, -0.25) is 0 Å². The number of rotatable bonds is 7. The fourth-order valence-electron chi connectivity index (χ4n) is 1.84. The molecule has 19 heavy (non-hydrogen) atoms. The molecule has 2 aromatic rings. The number of terminal acetylenes is 1. The zero-order valence-electron chi connectivity index (χ0n) is 10.9. The van der Waals surface area contributed by atoms with Crippen molar-refractivity contribution < 1.29 is 0 Å². The number of hydrogen-bond acceptors (Lipinski definition) is 4. The Labute approximate surface area is 122 Å². The maximum atomic E-state index is 5.24. The van der Waals surface area contributed by atoms with Crippen LogP contribution in [0.1, 0.15) is 16.7 Å². The molecular weight excluding hydrogens is 274 g/mol. The van der Waals surface area contributed by atoms with E-state index in [1.165, 1.54) is 4.88 Å². The molecule has 1 atom stereocenters. The first kappa shape index (κ1) is 14.2. The average molecular weight is 291 g/mol. The van der Waals surface area contributed by atoms with Gasteiger partial charge in [-0.2, -0.15) is 0 Å². The second-order valence-corrected chi connectivity index (χ2v) is 6.14. The summed E-state index contributed by atoms with van der Waals surface area (Å²) in [5.41, 5.74) is 0. The van der Waals surface area contributed by atoms with E-state index in [4.69, 9.17) is 6.42 Å². The maximum Gasteiger partial charge on any atom is 0.131 e. The molecule has 2 heterocycles. The Morgan fingerprint density at radius 1 is 1.63 bits per heavy atom. The number of aromatic nitrogens is 2. The van der Waals surface area contributed by atoms with Gasteiger partial charge in [-0.1, -0.05) is 12.0 Å². The molecule has 0 spiro atoms. The van der Waals surface area contributed by atoms with Crippen LogP contribution in [-0.2, 0) is 7.05 Å². The molecule has 0 aromatic carbocycles. The van der Waals surface area contributed by atoms with Crippen LogP contribution in [0.25, 0.3) is 0 Å². The first-order valence-corrected chi connectivity index (χ1v) is 8.11. The molecule has 0 bridgehead atoms. The van der Waals surface area contributed by atoms with Crippen LogP contribution in [0.2, 0.25) is 0 Å². The topological polar surface area (TPSA) is 29.9 Å². The van der Waals surface area contributed by atoms with Gasteiger partial charge < -0.3 is 9.88 Å². The van der Waals surface area contributed by atoms with E-state index < -0.39 is 0 Å². The molecule has 1 N–H and O–H groups in total. The lowest BCUT2D eigenvalue weighted by Gasteiger charge is -2.17. The second kappa shape index (κ2) is 7.39. The monoisotopic (exact) mass is 291 g/mol. The molecule has 0 aliphatic heterocycles. The van der Waals surface area contributed by atoms with Crippen LogP contribution in [0.3, 0.4) is 0 Å². The third-order valence-corrected chi connectivity index (χ3v) is 4.53. The quantitative estimate of drug-likeness (QED) is 0.628. The molecule has 0 saturated carbocycles. The van der Waals surface area contributed by atoms with Gasteiger partial charge in [-0.15, -0.1) is 29.5 Å². The molecule has 5 heteroatoms. The highest BCUT2D eigenvalue weighted by Crippen LogP contribution is 2.24. The first-order chi connectivity index (χ1) is 9.33. The van der Waals surface area contributed by atoms with Crippen LogP contribution >= 0.6 is 23.1 Å². The van der Waals surface area contributed by atoms with Crippen LogP contribution in [0.5, 0.6) is 0 Å². The number of hydrogen-bond donors (Lipinski definition) is 1. The Bertz CT molecular complexity index is 525. The van der Waals surface area contributed by atoms with E-state index in [-0.39, 0.29) is 6.04 Å². The molecule has 0 fully saturated rings. The van der Waals surface area contributed by atoms with E-state index in [1.807, 2.05) is 19.4 Å². The minimum atomic E-state index is 0.159. The van der Waals surface area contributed by atoms with Gasteiger partial charge >= 0.3 is 0 Å². The average Bonchev–Trinajstić information content (AvgIpc) is 3.06. The lowest BCUT2D eigenvalue weighted by molar-refractivity contribution is 0.587. The van der Waals surface area contributed by atoms with Crippen LogP contribution in [0.4, 0.5) is 0 Å². The molecule has 1 unspecified atom stereocenters. The lowest BCUT2D eigenvalue weighted by Crippen LogP contribution is -2.26. The van der Waals surface area contributed by atoms with E-state index in [0.29, 0.717) is 0 Å². The van der Waals surface area contributed by atoms with E-state index in [0.717, 1.165) is 23.9 Å². The molecule has 100 valence electrons. The molecule has 0 amide bonds. The van der Waals surface area contributed by atoms with Crippen molar-refractivity contribution in [1.29, 1.82) is 0 Å². The summed E-state index contributed by atoms with van der Waals surface area (Å²) >= 11 is 3.52. The van der Waals surface area contributed by atoms with Crippen molar-refractivity contribution in [2.75, 3.05) is 18.1 Å². The molecule has 0 aliphatic carbocycles. The van der Waals surface area contributed by atoms with Crippen molar-refractivity contribution in [1.82, 2.24) is 14.9 Å². The number of nitrogens with one attached hydrogen (secondary N) is 1. The van der Waals surface area contributed by atoms with Gasteiger partial charge in [0.25, 0.3) is 0 Å². The molecule has 3 nitrogen and oxygen atoms in total. The predicted octanol–water partition coefficient (Wildman–Crippen LogP) is 2.53. The molecule has 0 radical (unpaired) electrons. The van der Waals surface area contributed by atoms with Gasteiger partial charge in [0.15, 0.2) is 0 Å². The summed E-state index contributed by atoms with van der Waals surface area (Å²) in [5.74, 6) is 5.47. The molecule has 2 rings (SSSR count). The highest BCUT2D eigenvalue weighted by atomic mass is 32.2. The maximum absolute atomic E-state index is 5.24. The summed E-state index contributed by atoms with van der Waals surface area (Å²) in [4.78, 5) is 5.74. The Hall–Kier alpha value is -1.22. The van der Waals surface area contributed by atoms with Crippen LogP contribution in [0.15, 0.2) is 29.9 Å². The largest absolute Gasteiger partial charge is 0.336 e. The lowest BCUT2D eigenvalue weighted by atomic mass is 10.2. The van der Waals surface area contributed by atoms with Crippen LogP contribution in [-0.4, -0.2) is 27.6 Å². The van der Waals surface area contributed by atoms with Crippen molar-refractivity contribution >= 4 is 23.1 Å². The van der Waals surface area contributed by atoms with Gasteiger partial charge in [-0.25, -0.2) is 4.98 Å². The van der Waals surface area contributed by atoms with E-state index in [9.17, 15) is 0 Å². The van der Waals surface area contributed by atoms with Crippen LogP contribution in [0, 0.1) is 12.3 Å². The molecule has 0 aliphatic rings. The number of nitrogens with zero attached hydrogens (tertiary/aromatic N) is 2. The van der Waals surface area contributed by atoms with Gasteiger partial charge in [0.05, 0.1) is 5.75 Å². The number of thiophene rings is 1. The van der Waals surface area contributed by atoms with Gasteiger partial charge in [-0.05, 0) is 11.4 Å². The molecule has 2 aromatic heterocycles. The summed E-state index contributed by atoms with van der Waals surface area (Å²) in [6.45, 7) is 0.918. The molecular formula is C14H17N3S2. The smallest absolute Gasteiger partial charge is 0.131 e. The summed E-state index contributed by atoms with van der Waals surface area (Å²) in [6, 6.07) is 4.38. The highest BCUT2D eigenvalue weighted by molar-refractivity contribution is 7.99. The predicted molar refractivity (Wildman–Crippen MR) is 83.5 cm³/mol. The Morgan fingerprint density at radius 3 is 3.16 bits per heavy atom. The van der Waals surface area contributed by atoms with Crippen molar-refractivity contribution in [2.24, 2.45) is 7.05 Å². The van der Waals surface area contributed by atoms with Gasteiger partial charge in [0, 0.05) is 36.6 Å². The minimum absolute atomic E-state index is 0.159. The Morgan fingerprint density at radius 2 is 2.53 bits per heavy atom. The summed E-state index contributed by atoms with van der Waals surface area (Å²) in [7, 11) is 2.03. The normalized spacial score (nSPS) is 12.2. The Kier molecular flexibility index (Phi) is 5.52. The summed E-state index contributed by atoms with van der Waals surface area (Å²) in [5, 5.41) is 5.66. The van der Waals surface area contributed by atoms with E-state index in [1.54, 1.807) is 23.1 Å². The van der Waals surface area contributed by atoms with Gasteiger partial charge in [0.1, 0.15) is 11.9 Å². The van der Waals surface area contributed by atoms with Crippen molar-refractivity contribution in [3.05, 3.63) is 40.6 Å². The van der Waals surface area contributed by atoms with Crippen molar-refractivity contribution in [2.45, 2.75) is 6.04 Å². The summed E-state index contributed by atoms with van der Waals surface area (Å²) in [6.07, 6.45) is 9.06. The third-order valence-electron chi connectivity index (χ3n) is 2.72. The fourth-order valence-corrected chi connectivity index (χ4v) is 3.16. The standard InChI is InChI=1S/C14H17N3S2/c1-3-9-18-11-7-15-13(12-5-4-10-19-12)14-16-6-8-17(14)2/h1,4-6,8,10,13,15H,7,9,11H2,2H3. The zero-order chi connectivity index (χ0) is 13.5. The van der Waals surface area contributed by atoms with Gasteiger partial charge in [0.2, 0.25) is 0 Å². The first-order valence-electron chi connectivity index (χ1n) is 6.08. The van der Waals surface area contributed by atoms with E-state index >= 15 is 0 Å². The fraction of sp³-hybridized carbons (Fsp3) is 0.357. The van der Waals surface area contributed by atoms with Crippen molar-refractivity contribution in [3.8, 4) is 12.3 Å². The van der Waals surface area contributed by atoms with Crippen molar-refractivity contribution in [3.63, 3.8) is 0 Å². The van der Waals surface area contributed by atoms with E-state index in [2.05, 4.69) is 38.3 Å². The SMILES string of the molecule is C#CCSCCNC(c1cccs1)c1nccn1C. The molecule has 0 saturated heterocycles. The van der Waals surface area contributed by atoms with Crippen LogP contribution < -0.4 is 5.32 Å².